The number of carbonyl (C=O) groups is 1. The summed E-state index contributed by atoms with van der Waals surface area (Å²) < 4.78 is 5.08. The normalized spacial score (nSPS) is 12.2. The van der Waals surface area contributed by atoms with Crippen molar-refractivity contribution in [1.29, 1.82) is 0 Å². The number of esters is 1. The molecule has 0 saturated carbocycles. The van der Waals surface area contributed by atoms with Gasteiger partial charge in [-0.3, -0.25) is 4.79 Å². The van der Waals surface area contributed by atoms with Gasteiger partial charge in [-0.2, -0.15) is 0 Å². The Hall–Kier alpha value is -0.480. The lowest BCUT2D eigenvalue weighted by molar-refractivity contribution is -0.135. The van der Waals surface area contributed by atoms with E-state index in [0.717, 1.165) is 25.7 Å². The fourth-order valence-corrected chi connectivity index (χ4v) is 2.11. The summed E-state index contributed by atoms with van der Waals surface area (Å²) in [5.74, 6) is -0.231. The number of hydrogen-bond acceptors (Lipinski definition) is 4. The molecule has 0 amide bonds. The minimum Gasteiger partial charge on any atom is -0.417 e. The van der Waals surface area contributed by atoms with Crippen LogP contribution in [0.4, 0.5) is 0 Å². The fraction of sp³-hybridized carbons (Fsp3) is 0.867. The van der Waals surface area contributed by atoms with Gasteiger partial charge in [-0.1, -0.05) is 58.8 Å². The molecule has 0 aliphatic carbocycles. The molecule has 0 bridgehead atoms. The highest BCUT2D eigenvalue weighted by Crippen LogP contribution is 2.09. The molecule has 0 fully saturated rings. The molecule has 0 aromatic heterocycles. The third-order valence-corrected chi connectivity index (χ3v) is 3.49. The standard InChI is InChI=1S/C15H29NO2S/c1-3-5-6-7-8-9-10-12-14(17)18-15(19)13(16)11-4-2/h13H,3-12,16H2,1-2H3. The monoisotopic (exact) mass is 287 g/mol. The van der Waals surface area contributed by atoms with Crippen LogP contribution in [-0.2, 0) is 9.53 Å². The summed E-state index contributed by atoms with van der Waals surface area (Å²) in [7, 11) is 0. The molecule has 0 heterocycles. The SMILES string of the molecule is CCCCCCCCCC(=O)OC(=S)C(N)CCC. The van der Waals surface area contributed by atoms with E-state index in [-0.39, 0.29) is 17.1 Å². The van der Waals surface area contributed by atoms with Gasteiger partial charge >= 0.3 is 5.97 Å². The predicted octanol–water partition coefficient (Wildman–Crippen LogP) is 4.13. The van der Waals surface area contributed by atoms with Crippen molar-refractivity contribution in [2.24, 2.45) is 5.73 Å². The highest BCUT2D eigenvalue weighted by Gasteiger charge is 2.13. The van der Waals surface area contributed by atoms with E-state index in [0.29, 0.717) is 6.42 Å². The smallest absolute Gasteiger partial charge is 0.311 e. The molecule has 0 saturated heterocycles. The highest BCUT2D eigenvalue weighted by atomic mass is 32.1. The second-order valence-electron chi connectivity index (χ2n) is 5.06. The average Bonchev–Trinajstić information content (AvgIpc) is 2.38. The van der Waals surface area contributed by atoms with Crippen molar-refractivity contribution in [2.75, 3.05) is 0 Å². The fourth-order valence-electron chi connectivity index (χ4n) is 1.89. The lowest BCUT2D eigenvalue weighted by Gasteiger charge is -2.11. The third-order valence-electron chi connectivity index (χ3n) is 3.10. The van der Waals surface area contributed by atoms with E-state index in [2.05, 4.69) is 6.92 Å². The van der Waals surface area contributed by atoms with Crippen LogP contribution in [0.2, 0.25) is 0 Å². The molecule has 112 valence electrons. The van der Waals surface area contributed by atoms with Crippen LogP contribution in [-0.4, -0.2) is 17.1 Å². The van der Waals surface area contributed by atoms with Gasteiger partial charge in [-0.25, -0.2) is 0 Å². The van der Waals surface area contributed by atoms with E-state index in [1.165, 1.54) is 32.1 Å². The Kier molecular flexibility index (Phi) is 12.2. The van der Waals surface area contributed by atoms with Crippen LogP contribution in [0.1, 0.15) is 78.1 Å². The zero-order valence-corrected chi connectivity index (χ0v) is 13.3. The molecule has 0 radical (unpaired) electrons. The van der Waals surface area contributed by atoms with Crippen LogP contribution >= 0.6 is 12.2 Å². The second kappa shape index (κ2) is 12.5. The van der Waals surface area contributed by atoms with Crippen LogP contribution in [0, 0.1) is 0 Å². The molecule has 1 unspecified atom stereocenters. The molecule has 0 aliphatic heterocycles. The molecule has 0 aromatic carbocycles. The molecular formula is C15H29NO2S. The van der Waals surface area contributed by atoms with Crippen molar-refractivity contribution in [1.82, 2.24) is 0 Å². The lowest BCUT2D eigenvalue weighted by Crippen LogP contribution is -2.32. The summed E-state index contributed by atoms with van der Waals surface area (Å²) in [5, 5.41) is 0.245. The van der Waals surface area contributed by atoms with Gasteiger partial charge in [-0.15, -0.1) is 0 Å². The number of unbranched alkanes of at least 4 members (excludes halogenated alkanes) is 6. The summed E-state index contributed by atoms with van der Waals surface area (Å²) in [6, 6.07) is -0.294. The van der Waals surface area contributed by atoms with E-state index >= 15 is 0 Å². The Labute approximate surface area is 123 Å². The molecule has 3 nitrogen and oxygen atoms in total. The Morgan fingerprint density at radius 1 is 1.05 bits per heavy atom. The molecule has 0 aliphatic rings. The second-order valence-corrected chi connectivity index (χ2v) is 5.46. The van der Waals surface area contributed by atoms with Crippen LogP contribution in [0.5, 0.6) is 0 Å². The first-order valence-corrected chi connectivity index (χ1v) is 8.02. The molecule has 0 rings (SSSR count). The summed E-state index contributed by atoms with van der Waals surface area (Å²) in [4.78, 5) is 11.5. The van der Waals surface area contributed by atoms with Crippen LogP contribution in [0.25, 0.3) is 0 Å². The molecule has 4 heteroatoms. The van der Waals surface area contributed by atoms with Gasteiger partial charge in [0.2, 0.25) is 0 Å². The largest absolute Gasteiger partial charge is 0.417 e. The zero-order chi connectivity index (χ0) is 14.5. The van der Waals surface area contributed by atoms with Crippen molar-refractivity contribution < 1.29 is 9.53 Å². The van der Waals surface area contributed by atoms with E-state index in [1.807, 2.05) is 6.92 Å². The number of hydrogen-bond donors (Lipinski definition) is 1. The van der Waals surface area contributed by atoms with E-state index in [4.69, 9.17) is 22.7 Å². The molecule has 19 heavy (non-hydrogen) atoms. The van der Waals surface area contributed by atoms with Crippen molar-refractivity contribution in [3.63, 3.8) is 0 Å². The van der Waals surface area contributed by atoms with E-state index in [9.17, 15) is 4.79 Å². The van der Waals surface area contributed by atoms with Crippen LogP contribution < -0.4 is 5.73 Å². The maximum atomic E-state index is 11.5. The van der Waals surface area contributed by atoms with Crippen molar-refractivity contribution in [2.45, 2.75) is 84.1 Å². The maximum Gasteiger partial charge on any atom is 0.311 e. The third kappa shape index (κ3) is 11.1. The van der Waals surface area contributed by atoms with Crippen LogP contribution in [0.3, 0.4) is 0 Å². The molecule has 1 atom stereocenters. The van der Waals surface area contributed by atoms with Gasteiger partial charge in [0.15, 0.2) is 5.05 Å². The summed E-state index contributed by atoms with van der Waals surface area (Å²) >= 11 is 5.00. The number of nitrogens with two attached hydrogens (primary N) is 1. The number of ether oxygens (including phenoxy) is 1. The maximum absolute atomic E-state index is 11.5. The minimum absolute atomic E-state index is 0.231. The number of rotatable bonds is 11. The van der Waals surface area contributed by atoms with Gasteiger partial charge in [0, 0.05) is 6.42 Å². The van der Waals surface area contributed by atoms with Crippen molar-refractivity contribution in [3.8, 4) is 0 Å². The lowest BCUT2D eigenvalue weighted by atomic mass is 10.1. The van der Waals surface area contributed by atoms with Gasteiger partial charge in [-0.05, 0) is 25.1 Å². The highest BCUT2D eigenvalue weighted by molar-refractivity contribution is 7.80. The Morgan fingerprint density at radius 3 is 2.21 bits per heavy atom. The van der Waals surface area contributed by atoms with E-state index in [1.54, 1.807) is 0 Å². The van der Waals surface area contributed by atoms with Gasteiger partial charge in [0.1, 0.15) is 0 Å². The summed E-state index contributed by atoms with van der Waals surface area (Å²) in [5.41, 5.74) is 5.78. The molecular weight excluding hydrogens is 258 g/mol. The molecule has 0 spiro atoms. The molecule has 0 aromatic rings. The Balaban J connectivity index is 3.51. The van der Waals surface area contributed by atoms with E-state index < -0.39 is 0 Å². The first-order chi connectivity index (χ1) is 9.11. The number of thiocarbonyl (C=S) groups is 1. The van der Waals surface area contributed by atoms with Gasteiger partial charge in [0.05, 0.1) is 6.04 Å². The zero-order valence-electron chi connectivity index (χ0n) is 12.5. The number of carbonyl (C=O) groups excluding carboxylic acids is 1. The van der Waals surface area contributed by atoms with Crippen molar-refractivity contribution in [3.05, 3.63) is 0 Å². The molecule has 2 N–H and O–H groups in total. The minimum atomic E-state index is -0.294. The first-order valence-electron chi connectivity index (χ1n) is 7.61. The Bertz CT molecular complexity index is 257. The predicted molar refractivity (Wildman–Crippen MR) is 84.2 cm³/mol. The topological polar surface area (TPSA) is 52.3 Å². The van der Waals surface area contributed by atoms with Gasteiger partial charge in [0.25, 0.3) is 0 Å². The van der Waals surface area contributed by atoms with Gasteiger partial charge < -0.3 is 10.5 Å². The van der Waals surface area contributed by atoms with Crippen LogP contribution in [0.15, 0.2) is 0 Å². The average molecular weight is 287 g/mol. The first kappa shape index (κ1) is 18.5. The summed E-state index contributed by atoms with van der Waals surface area (Å²) in [6.45, 7) is 4.24. The Morgan fingerprint density at radius 2 is 1.63 bits per heavy atom. The van der Waals surface area contributed by atoms with Crippen molar-refractivity contribution >= 4 is 23.2 Å². The quantitative estimate of drug-likeness (QED) is 0.353. The summed E-state index contributed by atoms with van der Waals surface area (Å²) in [6.07, 6.45) is 10.5.